The van der Waals surface area contributed by atoms with Crippen LogP contribution in [0.1, 0.15) is 46.5 Å². The number of unbranched alkanes of at least 4 members (excludes halogenated alkanes) is 1. The van der Waals surface area contributed by atoms with Crippen LogP contribution in [0, 0.1) is 5.41 Å². The Morgan fingerprint density at radius 1 is 1.36 bits per heavy atom. The second kappa shape index (κ2) is 5.72. The van der Waals surface area contributed by atoms with Gasteiger partial charge in [0.2, 0.25) is 0 Å². The summed E-state index contributed by atoms with van der Waals surface area (Å²) in [5.74, 6) is 0. The number of nitrogens with one attached hydrogen (secondary N) is 2. The van der Waals surface area contributed by atoms with Crippen LogP contribution in [-0.2, 0) is 0 Å². The van der Waals surface area contributed by atoms with Gasteiger partial charge in [-0.25, -0.2) is 0 Å². The molecule has 1 unspecified atom stereocenters. The maximum Gasteiger partial charge on any atom is 0.00849 e. The molecule has 84 valence electrons. The van der Waals surface area contributed by atoms with Crippen molar-refractivity contribution >= 4 is 0 Å². The van der Waals surface area contributed by atoms with Crippen LogP contribution in [0.15, 0.2) is 0 Å². The van der Waals surface area contributed by atoms with Crippen molar-refractivity contribution in [2.45, 2.75) is 52.5 Å². The molecular formula is C12H26N2. The van der Waals surface area contributed by atoms with E-state index in [4.69, 9.17) is 0 Å². The molecule has 0 aliphatic carbocycles. The summed E-state index contributed by atoms with van der Waals surface area (Å²) in [7, 11) is 0. The van der Waals surface area contributed by atoms with Gasteiger partial charge in [-0.05, 0) is 37.8 Å². The van der Waals surface area contributed by atoms with Gasteiger partial charge in [-0.2, -0.15) is 0 Å². The minimum Gasteiger partial charge on any atom is -0.317 e. The van der Waals surface area contributed by atoms with Crippen LogP contribution in [0.25, 0.3) is 0 Å². The molecule has 1 aliphatic rings. The highest BCUT2D eigenvalue weighted by molar-refractivity contribution is 4.87. The molecule has 1 fully saturated rings. The van der Waals surface area contributed by atoms with Crippen molar-refractivity contribution in [3.05, 3.63) is 0 Å². The zero-order valence-corrected chi connectivity index (χ0v) is 10.0. The summed E-state index contributed by atoms with van der Waals surface area (Å²) < 4.78 is 0. The van der Waals surface area contributed by atoms with Crippen molar-refractivity contribution in [1.82, 2.24) is 10.6 Å². The van der Waals surface area contributed by atoms with Gasteiger partial charge in [-0.1, -0.05) is 27.2 Å². The Morgan fingerprint density at radius 2 is 2.14 bits per heavy atom. The first kappa shape index (κ1) is 12.0. The van der Waals surface area contributed by atoms with Gasteiger partial charge in [-0.15, -0.1) is 0 Å². The van der Waals surface area contributed by atoms with E-state index < -0.39 is 0 Å². The van der Waals surface area contributed by atoms with Crippen LogP contribution in [0.5, 0.6) is 0 Å². The highest BCUT2D eigenvalue weighted by Gasteiger charge is 2.29. The average molecular weight is 198 g/mol. The Kier molecular flexibility index (Phi) is 4.90. The van der Waals surface area contributed by atoms with Gasteiger partial charge in [-0.3, -0.25) is 0 Å². The molecule has 1 rings (SSSR count). The lowest BCUT2D eigenvalue weighted by molar-refractivity contribution is 0.395. The van der Waals surface area contributed by atoms with Crippen molar-refractivity contribution in [1.29, 1.82) is 0 Å². The maximum absolute atomic E-state index is 3.60. The van der Waals surface area contributed by atoms with E-state index >= 15 is 0 Å². The van der Waals surface area contributed by atoms with Crippen molar-refractivity contribution < 1.29 is 0 Å². The number of hydrogen-bond acceptors (Lipinski definition) is 2. The fourth-order valence-electron chi connectivity index (χ4n) is 2.14. The van der Waals surface area contributed by atoms with Gasteiger partial charge in [0.25, 0.3) is 0 Å². The molecular weight excluding hydrogens is 172 g/mol. The summed E-state index contributed by atoms with van der Waals surface area (Å²) in [6, 6.07) is 0.749. The summed E-state index contributed by atoms with van der Waals surface area (Å²) >= 11 is 0. The monoisotopic (exact) mass is 198 g/mol. The highest BCUT2D eigenvalue weighted by Crippen LogP contribution is 2.27. The first-order chi connectivity index (χ1) is 6.64. The van der Waals surface area contributed by atoms with Crippen LogP contribution in [-0.4, -0.2) is 25.7 Å². The van der Waals surface area contributed by atoms with Crippen LogP contribution < -0.4 is 10.6 Å². The standard InChI is InChI=1S/C12H26N2/c1-4-5-7-13-8-6-11-9-12(2,3)10-14-11/h11,13-14H,4-10H2,1-3H3. The molecule has 0 radical (unpaired) electrons. The topological polar surface area (TPSA) is 24.1 Å². The van der Waals surface area contributed by atoms with Crippen LogP contribution in [0.4, 0.5) is 0 Å². The number of rotatable bonds is 6. The molecule has 0 amide bonds. The third kappa shape index (κ3) is 4.43. The quantitative estimate of drug-likeness (QED) is 0.639. The molecule has 1 atom stereocenters. The van der Waals surface area contributed by atoms with E-state index in [1.54, 1.807) is 0 Å². The Hall–Kier alpha value is -0.0800. The average Bonchev–Trinajstić information content (AvgIpc) is 2.45. The molecule has 0 aromatic rings. The third-order valence-electron chi connectivity index (χ3n) is 3.04. The molecule has 0 bridgehead atoms. The lowest BCUT2D eigenvalue weighted by Gasteiger charge is -2.15. The van der Waals surface area contributed by atoms with E-state index in [1.807, 2.05) is 0 Å². The van der Waals surface area contributed by atoms with Gasteiger partial charge < -0.3 is 10.6 Å². The van der Waals surface area contributed by atoms with Crippen LogP contribution in [0.2, 0.25) is 0 Å². The second-order valence-electron chi connectivity index (χ2n) is 5.34. The summed E-state index contributed by atoms with van der Waals surface area (Å²) in [6.07, 6.45) is 5.22. The molecule has 2 heteroatoms. The van der Waals surface area contributed by atoms with Gasteiger partial charge in [0.05, 0.1) is 0 Å². The van der Waals surface area contributed by atoms with Gasteiger partial charge in [0.1, 0.15) is 0 Å². The fraction of sp³-hybridized carbons (Fsp3) is 1.00. The first-order valence-corrected chi connectivity index (χ1v) is 6.08. The molecule has 0 aromatic carbocycles. The van der Waals surface area contributed by atoms with Crippen molar-refractivity contribution in [2.75, 3.05) is 19.6 Å². The third-order valence-corrected chi connectivity index (χ3v) is 3.04. The second-order valence-corrected chi connectivity index (χ2v) is 5.34. The van der Waals surface area contributed by atoms with Gasteiger partial charge in [0, 0.05) is 12.6 Å². The molecule has 14 heavy (non-hydrogen) atoms. The molecule has 1 aliphatic heterocycles. The van der Waals surface area contributed by atoms with E-state index in [2.05, 4.69) is 31.4 Å². The van der Waals surface area contributed by atoms with E-state index in [0.717, 1.165) is 6.04 Å². The minimum atomic E-state index is 0.522. The number of hydrogen-bond donors (Lipinski definition) is 2. The van der Waals surface area contributed by atoms with Crippen LogP contribution in [0.3, 0.4) is 0 Å². The maximum atomic E-state index is 3.60. The van der Waals surface area contributed by atoms with Crippen molar-refractivity contribution in [3.8, 4) is 0 Å². The summed E-state index contributed by atoms with van der Waals surface area (Å²) in [6.45, 7) is 10.5. The fourth-order valence-corrected chi connectivity index (χ4v) is 2.14. The molecule has 2 N–H and O–H groups in total. The summed E-state index contributed by atoms with van der Waals surface area (Å²) in [5, 5.41) is 7.10. The van der Waals surface area contributed by atoms with Crippen LogP contribution >= 0.6 is 0 Å². The van der Waals surface area contributed by atoms with E-state index in [-0.39, 0.29) is 0 Å². The molecule has 0 spiro atoms. The Labute approximate surface area is 88.8 Å². The zero-order valence-electron chi connectivity index (χ0n) is 10.0. The lowest BCUT2D eigenvalue weighted by atomic mass is 9.90. The lowest BCUT2D eigenvalue weighted by Crippen LogP contribution is -2.27. The predicted molar refractivity (Wildman–Crippen MR) is 62.6 cm³/mol. The predicted octanol–water partition coefficient (Wildman–Crippen LogP) is 2.15. The zero-order chi connectivity index (χ0) is 10.4. The molecule has 1 saturated heterocycles. The minimum absolute atomic E-state index is 0.522. The van der Waals surface area contributed by atoms with Crippen molar-refractivity contribution in [3.63, 3.8) is 0 Å². The molecule has 0 aromatic heterocycles. The summed E-state index contributed by atoms with van der Waals surface area (Å²) in [4.78, 5) is 0. The largest absolute Gasteiger partial charge is 0.317 e. The van der Waals surface area contributed by atoms with Gasteiger partial charge >= 0.3 is 0 Å². The Balaban J connectivity index is 1.98. The van der Waals surface area contributed by atoms with E-state index in [0.29, 0.717) is 5.41 Å². The smallest absolute Gasteiger partial charge is 0.00849 e. The Morgan fingerprint density at radius 3 is 2.71 bits per heavy atom. The first-order valence-electron chi connectivity index (χ1n) is 6.08. The normalized spacial score (nSPS) is 25.5. The van der Waals surface area contributed by atoms with E-state index in [1.165, 1.54) is 45.3 Å². The highest BCUT2D eigenvalue weighted by atomic mass is 15.0. The Bertz CT molecular complexity index is 154. The molecule has 1 heterocycles. The SMILES string of the molecule is CCCCNCCC1CC(C)(C)CN1. The molecule has 0 saturated carbocycles. The van der Waals surface area contributed by atoms with Gasteiger partial charge in [0.15, 0.2) is 0 Å². The van der Waals surface area contributed by atoms with E-state index in [9.17, 15) is 0 Å². The van der Waals surface area contributed by atoms with Crippen molar-refractivity contribution in [2.24, 2.45) is 5.41 Å². The molecule has 2 nitrogen and oxygen atoms in total. The summed E-state index contributed by atoms with van der Waals surface area (Å²) in [5.41, 5.74) is 0.522.